The summed E-state index contributed by atoms with van der Waals surface area (Å²) in [6.07, 6.45) is 0. The Morgan fingerprint density at radius 3 is 3.22 bits per heavy atom. The lowest BCUT2D eigenvalue weighted by Crippen LogP contribution is -1.69. The first-order chi connectivity index (χ1) is 4.43. The highest BCUT2D eigenvalue weighted by Gasteiger charge is 1.82. The van der Waals surface area contributed by atoms with Crippen molar-refractivity contribution in [1.82, 2.24) is 4.98 Å². The Hall–Kier alpha value is -0.460. The van der Waals surface area contributed by atoms with Gasteiger partial charge in [-0.05, 0) is 5.92 Å². The van der Waals surface area contributed by atoms with Gasteiger partial charge in [-0.2, -0.15) is 12.6 Å². The van der Waals surface area contributed by atoms with E-state index in [1.807, 2.05) is 5.38 Å². The molecular formula is C6H5NS2. The van der Waals surface area contributed by atoms with E-state index in [4.69, 9.17) is 0 Å². The molecule has 0 fully saturated rings. The summed E-state index contributed by atoms with van der Waals surface area (Å²) >= 11 is 5.49. The molecule has 0 unspecified atom stereocenters. The van der Waals surface area contributed by atoms with Gasteiger partial charge in [0.15, 0.2) is 0 Å². The minimum atomic E-state index is 0.595. The molecule has 0 amide bonds. The van der Waals surface area contributed by atoms with Crippen LogP contribution in [-0.2, 0) is 0 Å². The fourth-order valence-corrected chi connectivity index (χ4v) is 0.967. The third-order valence-electron chi connectivity index (χ3n) is 0.728. The number of hydrogen-bond acceptors (Lipinski definition) is 3. The molecule has 0 aromatic carbocycles. The number of rotatable bonds is 0. The van der Waals surface area contributed by atoms with Crippen LogP contribution < -0.4 is 0 Å². The van der Waals surface area contributed by atoms with E-state index in [2.05, 4.69) is 29.5 Å². The molecule has 1 rings (SSSR count). The lowest BCUT2D eigenvalue weighted by atomic mass is 10.5. The maximum absolute atomic E-state index is 3.96. The van der Waals surface area contributed by atoms with E-state index in [1.54, 1.807) is 16.8 Å². The van der Waals surface area contributed by atoms with Crippen LogP contribution in [0.25, 0.3) is 0 Å². The van der Waals surface area contributed by atoms with Crippen molar-refractivity contribution in [3.63, 3.8) is 0 Å². The van der Waals surface area contributed by atoms with E-state index in [0.29, 0.717) is 5.75 Å². The minimum Gasteiger partial charge on any atom is -0.236 e. The minimum absolute atomic E-state index is 0.595. The number of hydrogen-bond donors (Lipinski definition) is 1. The summed E-state index contributed by atoms with van der Waals surface area (Å²) in [5.41, 5.74) is 2.61. The van der Waals surface area contributed by atoms with Gasteiger partial charge >= 0.3 is 0 Å². The second-order valence-electron chi connectivity index (χ2n) is 1.33. The highest BCUT2D eigenvalue weighted by Crippen LogP contribution is 1.97. The second kappa shape index (κ2) is 3.54. The monoisotopic (exact) mass is 155 g/mol. The highest BCUT2D eigenvalue weighted by atomic mass is 32.1. The van der Waals surface area contributed by atoms with Crippen LogP contribution >= 0.6 is 24.0 Å². The predicted molar refractivity (Wildman–Crippen MR) is 42.8 cm³/mol. The van der Waals surface area contributed by atoms with Gasteiger partial charge in [0.05, 0.1) is 11.3 Å². The van der Waals surface area contributed by atoms with Gasteiger partial charge in [0.2, 0.25) is 0 Å². The Labute approximate surface area is 63.5 Å². The fourth-order valence-electron chi connectivity index (χ4n) is 0.404. The Morgan fingerprint density at radius 2 is 2.67 bits per heavy atom. The third-order valence-corrected chi connectivity index (χ3v) is 1.47. The number of aromatic nitrogens is 1. The van der Waals surface area contributed by atoms with Crippen LogP contribution in [0.1, 0.15) is 5.69 Å². The zero-order valence-corrected chi connectivity index (χ0v) is 6.38. The van der Waals surface area contributed by atoms with Crippen molar-refractivity contribution in [3.05, 3.63) is 16.6 Å². The molecule has 0 aliphatic rings. The topological polar surface area (TPSA) is 12.9 Å². The highest BCUT2D eigenvalue weighted by molar-refractivity contribution is 7.80. The Balaban J connectivity index is 2.67. The van der Waals surface area contributed by atoms with E-state index in [-0.39, 0.29) is 0 Å². The molecule has 1 aromatic heterocycles. The number of nitrogens with zero attached hydrogens (tertiary/aromatic N) is 1. The molecule has 0 saturated heterocycles. The van der Waals surface area contributed by atoms with Crippen molar-refractivity contribution in [2.24, 2.45) is 0 Å². The first kappa shape index (κ1) is 6.66. The number of thiazole rings is 1. The van der Waals surface area contributed by atoms with Gasteiger partial charge in [-0.3, -0.25) is 0 Å². The maximum Gasteiger partial charge on any atom is 0.124 e. The zero-order valence-electron chi connectivity index (χ0n) is 4.66. The van der Waals surface area contributed by atoms with Gasteiger partial charge in [0, 0.05) is 5.38 Å². The molecule has 0 aliphatic heterocycles. The molecule has 0 N–H and O–H groups in total. The van der Waals surface area contributed by atoms with E-state index < -0.39 is 0 Å². The molecule has 0 spiro atoms. The molecule has 46 valence electrons. The van der Waals surface area contributed by atoms with Gasteiger partial charge < -0.3 is 0 Å². The van der Waals surface area contributed by atoms with Crippen LogP contribution in [0.3, 0.4) is 0 Å². The van der Waals surface area contributed by atoms with Crippen molar-refractivity contribution in [1.29, 1.82) is 0 Å². The van der Waals surface area contributed by atoms with Crippen molar-refractivity contribution >= 4 is 24.0 Å². The van der Waals surface area contributed by atoms with Gasteiger partial charge in [0.25, 0.3) is 0 Å². The normalized spacial score (nSPS) is 8.11. The molecule has 0 aliphatic carbocycles. The van der Waals surface area contributed by atoms with E-state index in [9.17, 15) is 0 Å². The largest absolute Gasteiger partial charge is 0.236 e. The van der Waals surface area contributed by atoms with Crippen molar-refractivity contribution in [2.75, 3.05) is 5.75 Å². The van der Waals surface area contributed by atoms with E-state index in [0.717, 1.165) is 5.69 Å². The summed E-state index contributed by atoms with van der Waals surface area (Å²) < 4.78 is 0. The van der Waals surface area contributed by atoms with Crippen LogP contribution in [0.15, 0.2) is 10.9 Å². The Bertz CT molecular complexity index is 217. The smallest absolute Gasteiger partial charge is 0.124 e. The molecule has 1 nitrogen and oxygen atoms in total. The molecule has 0 atom stereocenters. The fraction of sp³-hybridized carbons (Fsp3) is 0.167. The Kier molecular flexibility index (Phi) is 2.62. The molecule has 1 aromatic rings. The lowest BCUT2D eigenvalue weighted by Gasteiger charge is -1.71. The van der Waals surface area contributed by atoms with Gasteiger partial charge in [-0.1, -0.05) is 5.92 Å². The van der Waals surface area contributed by atoms with Crippen LogP contribution in [0, 0.1) is 11.8 Å². The predicted octanol–water partition coefficient (Wildman–Crippen LogP) is 1.42. The quantitative estimate of drug-likeness (QED) is 0.441. The van der Waals surface area contributed by atoms with Gasteiger partial charge in [-0.25, -0.2) is 4.98 Å². The van der Waals surface area contributed by atoms with Crippen molar-refractivity contribution < 1.29 is 0 Å². The first-order valence-electron chi connectivity index (χ1n) is 2.41. The second-order valence-corrected chi connectivity index (χ2v) is 2.37. The summed E-state index contributed by atoms with van der Waals surface area (Å²) in [6, 6.07) is 0. The summed E-state index contributed by atoms with van der Waals surface area (Å²) in [4.78, 5) is 3.96. The van der Waals surface area contributed by atoms with E-state index >= 15 is 0 Å². The summed E-state index contributed by atoms with van der Waals surface area (Å²) in [7, 11) is 0. The molecule has 0 bridgehead atoms. The SMILES string of the molecule is SCC#Cc1cscn1. The summed E-state index contributed by atoms with van der Waals surface area (Å²) in [5.74, 6) is 6.25. The van der Waals surface area contributed by atoms with Crippen LogP contribution in [0.2, 0.25) is 0 Å². The zero-order chi connectivity index (χ0) is 6.53. The standard InChI is InChI=1S/C6H5NS2/c8-3-1-2-6-4-9-5-7-6/h4-5,8H,3H2. The van der Waals surface area contributed by atoms with Crippen LogP contribution in [0.4, 0.5) is 0 Å². The van der Waals surface area contributed by atoms with Crippen molar-refractivity contribution in [2.45, 2.75) is 0 Å². The first-order valence-corrected chi connectivity index (χ1v) is 3.99. The maximum atomic E-state index is 3.96. The Morgan fingerprint density at radius 1 is 1.78 bits per heavy atom. The number of thiol groups is 1. The molecule has 0 radical (unpaired) electrons. The molecule has 3 heteroatoms. The van der Waals surface area contributed by atoms with Crippen LogP contribution in [-0.4, -0.2) is 10.7 Å². The molecular weight excluding hydrogens is 150 g/mol. The van der Waals surface area contributed by atoms with Gasteiger partial charge in [-0.15, -0.1) is 11.3 Å². The molecule has 1 heterocycles. The summed E-state index contributed by atoms with van der Waals surface area (Å²) in [5, 5.41) is 1.91. The van der Waals surface area contributed by atoms with Gasteiger partial charge in [0.1, 0.15) is 5.69 Å². The van der Waals surface area contributed by atoms with Crippen LogP contribution in [0.5, 0.6) is 0 Å². The average molecular weight is 155 g/mol. The molecule has 0 saturated carbocycles. The molecule has 9 heavy (non-hydrogen) atoms. The van der Waals surface area contributed by atoms with Crippen molar-refractivity contribution in [3.8, 4) is 11.8 Å². The van der Waals surface area contributed by atoms with E-state index in [1.165, 1.54) is 0 Å². The third kappa shape index (κ3) is 2.08. The lowest BCUT2D eigenvalue weighted by molar-refractivity contribution is 1.37. The summed E-state index contributed by atoms with van der Waals surface area (Å²) in [6.45, 7) is 0. The average Bonchev–Trinajstić information content (AvgIpc) is 2.34.